The van der Waals surface area contributed by atoms with E-state index in [0.717, 1.165) is 0 Å². The number of halogens is 1. The molecule has 0 aliphatic carbocycles. The summed E-state index contributed by atoms with van der Waals surface area (Å²) in [6.07, 6.45) is 0. The summed E-state index contributed by atoms with van der Waals surface area (Å²) in [6.45, 7) is 0. The second-order valence-electron chi connectivity index (χ2n) is 3.67. The van der Waals surface area contributed by atoms with Gasteiger partial charge in [0.15, 0.2) is 0 Å². The Hall–Kier alpha value is -2.20. The minimum Gasteiger partial charge on any atom is -0.508 e. The third-order valence-electron chi connectivity index (χ3n) is 2.31. The average Bonchev–Trinajstić information content (AvgIpc) is 2.32. The van der Waals surface area contributed by atoms with Gasteiger partial charge in [-0.05, 0) is 30.3 Å². The summed E-state index contributed by atoms with van der Waals surface area (Å²) in [5, 5.41) is 21.7. The molecule has 0 aliphatic rings. The van der Waals surface area contributed by atoms with E-state index in [4.69, 9.17) is 11.6 Å². The van der Waals surface area contributed by atoms with Crippen molar-refractivity contribution in [3.8, 4) is 11.5 Å². The first kappa shape index (κ1) is 12.3. The summed E-state index contributed by atoms with van der Waals surface area (Å²) < 4.78 is 0. The molecule has 0 aliphatic heterocycles. The number of hydrogen-bond acceptors (Lipinski definition) is 3. The molecule has 0 saturated heterocycles. The molecule has 2 aromatic carbocycles. The predicted octanol–water partition coefficient (Wildman–Crippen LogP) is 3.00. The minimum absolute atomic E-state index is 0.0446. The first-order chi connectivity index (χ1) is 8.56. The lowest BCUT2D eigenvalue weighted by Crippen LogP contribution is -2.11. The van der Waals surface area contributed by atoms with E-state index in [1.54, 1.807) is 12.1 Å². The molecule has 0 heterocycles. The van der Waals surface area contributed by atoms with Crippen LogP contribution in [0.25, 0.3) is 0 Å². The van der Waals surface area contributed by atoms with Gasteiger partial charge in [-0.3, -0.25) is 4.79 Å². The van der Waals surface area contributed by atoms with E-state index in [1.165, 1.54) is 30.3 Å². The van der Waals surface area contributed by atoms with Gasteiger partial charge in [-0.25, -0.2) is 0 Å². The number of aromatic hydroxyl groups is 2. The quantitative estimate of drug-likeness (QED) is 0.780. The maximum Gasteiger partial charge on any atom is 0.259 e. The number of benzene rings is 2. The van der Waals surface area contributed by atoms with Gasteiger partial charge < -0.3 is 15.5 Å². The Morgan fingerprint density at radius 1 is 1.11 bits per heavy atom. The Balaban J connectivity index is 2.24. The fraction of sp³-hybridized carbons (Fsp3) is 0. The predicted molar refractivity (Wildman–Crippen MR) is 69.2 cm³/mol. The molecule has 2 aromatic rings. The third kappa shape index (κ3) is 2.73. The van der Waals surface area contributed by atoms with Crippen molar-refractivity contribution in [2.75, 3.05) is 5.32 Å². The van der Waals surface area contributed by atoms with E-state index in [0.29, 0.717) is 10.7 Å². The molecule has 0 unspecified atom stereocenters. The summed E-state index contributed by atoms with van der Waals surface area (Å²) >= 11 is 5.76. The van der Waals surface area contributed by atoms with Gasteiger partial charge in [0, 0.05) is 16.8 Å². The van der Waals surface area contributed by atoms with Crippen LogP contribution < -0.4 is 5.32 Å². The molecule has 1 amide bonds. The van der Waals surface area contributed by atoms with Crippen molar-refractivity contribution in [1.29, 1.82) is 0 Å². The molecule has 3 N–H and O–H groups in total. The second kappa shape index (κ2) is 4.98. The van der Waals surface area contributed by atoms with Crippen molar-refractivity contribution >= 4 is 23.2 Å². The highest BCUT2D eigenvalue weighted by atomic mass is 35.5. The molecular formula is C13H10ClNO3. The Morgan fingerprint density at radius 2 is 1.89 bits per heavy atom. The molecule has 0 saturated carbocycles. The van der Waals surface area contributed by atoms with Crippen LogP contribution in [0.1, 0.15) is 10.4 Å². The summed E-state index contributed by atoms with van der Waals surface area (Å²) in [5.74, 6) is -0.610. The molecule has 0 fully saturated rings. The number of phenolic OH excluding ortho intramolecular Hbond substituents is 2. The Bertz CT molecular complexity index is 599. The fourth-order valence-corrected chi connectivity index (χ4v) is 1.64. The smallest absolute Gasteiger partial charge is 0.259 e. The van der Waals surface area contributed by atoms with Gasteiger partial charge in [0.2, 0.25) is 0 Å². The van der Waals surface area contributed by atoms with Crippen molar-refractivity contribution in [2.24, 2.45) is 0 Å². The minimum atomic E-state index is -0.499. The summed E-state index contributed by atoms with van der Waals surface area (Å²) in [7, 11) is 0. The van der Waals surface area contributed by atoms with Crippen LogP contribution in [-0.2, 0) is 0 Å². The van der Waals surface area contributed by atoms with Gasteiger partial charge >= 0.3 is 0 Å². The van der Waals surface area contributed by atoms with Crippen LogP contribution in [-0.4, -0.2) is 16.1 Å². The van der Waals surface area contributed by atoms with Crippen LogP contribution in [0.5, 0.6) is 11.5 Å². The number of carbonyl (C=O) groups excluding carboxylic acids is 1. The Labute approximate surface area is 108 Å². The zero-order valence-corrected chi connectivity index (χ0v) is 9.98. The number of phenols is 2. The molecule has 4 nitrogen and oxygen atoms in total. The summed E-state index contributed by atoms with van der Waals surface area (Å²) in [4.78, 5) is 11.9. The van der Waals surface area contributed by atoms with Crippen molar-refractivity contribution in [1.82, 2.24) is 0 Å². The van der Waals surface area contributed by atoms with Crippen molar-refractivity contribution < 1.29 is 15.0 Å². The highest BCUT2D eigenvalue weighted by molar-refractivity contribution is 6.31. The SMILES string of the molecule is O=C(Nc1cccc(O)c1)c1cc(Cl)ccc1O. The lowest BCUT2D eigenvalue weighted by atomic mass is 10.2. The van der Waals surface area contributed by atoms with Crippen molar-refractivity contribution in [3.05, 3.63) is 53.1 Å². The summed E-state index contributed by atoms with van der Waals surface area (Å²) in [5.41, 5.74) is 0.505. The van der Waals surface area contributed by atoms with E-state index < -0.39 is 5.91 Å². The largest absolute Gasteiger partial charge is 0.508 e. The van der Waals surface area contributed by atoms with E-state index >= 15 is 0 Å². The highest BCUT2D eigenvalue weighted by Crippen LogP contribution is 2.23. The van der Waals surface area contributed by atoms with Gasteiger partial charge in [0.1, 0.15) is 11.5 Å². The van der Waals surface area contributed by atoms with Crippen LogP contribution in [0.3, 0.4) is 0 Å². The van der Waals surface area contributed by atoms with Crippen molar-refractivity contribution in [2.45, 2.75) is 0 Å². The van der Waals surface area contributed by atoms with Gasteiger partial charge in [0.25, 0.3) is 5.91 Å². The topological polar surface area (TPSA) is 69.6 Å². The van der Waals surface area contributed by atoms with E-state index in [1.807, 2.05) is 0 Å². The zero-order valence-electron chi connectivity index (χ0n) is 9.22. The molecule has 0 radical (unpaired) electrons. The first-order valence-electron chi connectivity index (χ1n) is 5.15. The first-order valence-corrected chi connectivity index (χ1v) is 5.53. The summed E-state index contributed by atoms with van der Waals surface area (Å²) in [6, 6.07) is 10.3. The van der Waals surface area contributed by atoms with Crippen LogP contribution in [0.2, 0.25) is 5.02 Å². The number of hydrogen-bond donors (Lipinski definition) is 3. The van der Waals surface area contributed by atoms with E-state index in [-0.39, 0.29) is 17.1 Å². The maximum absolute atomic E-state index is 11.9. The van der Waals surface area contributed by atoms with Crippen LogP contribution in [0.15, 0.2) is 42.5 Å². The maximum atomic E-state index is 11.9. The standard InChI is InChI=1S/C13H10ClNO3/c14-8-4-5-12(17)11(6-8)13(18)15-9-2-1-3-10(16)7-9/h1-7,16-17H,(H,15,18). The lowest BCUT2D eigenvalue weighted by molar-refractivity contribution is 0.102. The van der Waals surface area contributed by atoms with Gasteiger partial charge in [-0.2, -0.15) is 0 Å². The normalized spacial score (nSPS) is 10.1. The van der Waals surface area contributed by atoms with Crippen LogP contribution in [0, 0.1) is 0 Å². The van der Waals surface area contributed by atoms with E-state index in [9.17, 15) is 15.0 Å². The van der Waals surface area contributed by atoms with Gasteiger partial charge in [-0.15, -0.1) is 0 Å². The number of carbonyl (C=O) groups is 1. The van der Waals surface area contributed by atoms with Gasteiger partial charge in [-0.1, -0.05) is 17.7 Å². The number of rotatable bonds is 2. The number of nitrogens with one attached hydrogen (secondary N) is 1. The zero-order chi connectivity index (χ0) is 13.1. The van der Waals surface area contributed by atoms with Gasteiger partial charge in [0.05, 0.1) is 5.56 Å². The Morgan fingerprint density at radius 3 is 2.61 bits per heavy atom. The molecular weight excluding hydrogens is 254 g/mol. The highest BCUT2D eigenvalue weighted by Gasteiger charge is 2.12. The second-order valence-corrected chi connectivity index (χ2v) is 4.10. The third-order valence-corrected chi connectivity index (χ3v) is 2.54. The van der Waals surface area contributed by atoms with Crippen LogP contribution >= 0.6 is 11.6 Å². The molecule has 5 heteroatoms. The van der Waals surface area contributed by atoms with E-state index in [2.05, 4.69) is 5.32 Å². The average molecular weight is 264 g/mol. The van der Waals surface area contributed by atoms with Crippen molar-refractivity contribution in [3.63, 3.8) is 0 Å². The molecule has 0 bridgehead atoms. The van der Waals surface area contributed by atoms with Crippen LogP contribution in [0.4, 0.5) is 5.69 Å². The molecule has 92 valence electrons. The molecule has 2 rings (SSSR count). The lowest BCUT2D eigenvalue weighted by Gasteiger charge is -2.07. The number of amides is 1. The molecule has 0 aromatic heterocycles. The fourth-order valence-electron chi connectivity index (χ4n) is 1.47. The molecule has 0 atom stereocenters. The number of anilines is 1. The monoisotopic (exact) mass is 263 g/mol. The Kier molecular flexibility index (Phi) is 3.39. The molecule has 18 heavy (non-hydrogen) atoms. The molecule has 0 spiro atoms.